The number of nitrogens with one attached hydrogen (secondary N) is 2. The highest BCUT2D eigenvalue weighted by atomic mass is 16.5. The van der Waals surface area contributed by atoms with Crippen LogP contribution in [0.4, 0.5) is 11.4 Å². The molecule has 1 aromatic carbocycles. The van der Waals surface area contributed by atoms with Crippen molar-refractivity contribution in [2.45, 2.75) is 20.8 Å². The van der Waals surface area contributed by atoms with Crippen LogP contribution < -0.4 is 10.6 Å². The molecule has 0 aliphatic heterocycles. The van der Waals surface area contributed by atoms with Crippen LogP contribution in [0.25, 0.3) is 0 Å². The molecule has 0 saturated carbocycles. The summed E-state index contributed by atoms with van der Waals surface area (Å²) in [7, 11) is 0. The molecule has 0 radical (unpaired) electrons. The van der Waals surface area contributed by atoms with Gasteiger partial charge < -0.3 is 15.4 Å². The molecule has 0 heterocycles. The van der Waals surface area contributed by atoms with E-state index in [4.69, 9.17) is 4.74 Å². The number of aryl methyl sites for hydroxylation is 1. The van der Waals surface area contributed by atoms with E-state index in [1.54, 1.807) is 12.1 Å². The number of rotatable bonds is 5. The van der Waals surface area contributed by atoms with Crippen LogP contribution in [-0.2, 0) is 14.3 Å². The molecule has 0 fully saturated rings. The third kappa shape index (κ3) is 4.55. The second kappa shape index (κ2) is 6.76. The fourth-order valence-corrected chi connectivity index (χ4v) is 1.42. The summed E-state index contributed by atoms with van der Waals surface area (Å²) in [6.45, 7) is 5.68. The van der Waals surface area contributed by atoms with E-state index in [2.05, 4.69) is 10.6 Å². The van der Waals surface area contributed by atoms with Gasteiger partial charge in [0.2, 0.25) is 11.8 Å². The van der Waals surface area contributed by atoms with Gasteiger partial charge in [-0.05, 0) is 31.5 Å². The number of ether oxygens (including phenoxy) is 1. The first kappa shape index (κ1) is 14.2. The summed E-state index contributed by atoms with van der Waals surface area (Å²) < 4.78 is 5.02. The Hall–Kier alpha value is -1.88. The number of hydrogen-bond donors (Lipinski definition) is 2. The second-order valence-corrected chi connectivity index (χ2v) is 3.90. The lowest BCUT2D eigenvalue weighted by atomic mass is 10.1. The van der Waals surface area contributed by atoms with Crippen LogP contribution in [0.1, 0.15) is 19.4 Å². The van der Waals surface area contributed by atoms with E-state index in [9.17, 15) is 9.59 Å². The molecule has 1 aromatic rings. The van der Waals surface area contributed by atoms with E-state index < -0.39 is 0 Å². The Labute approximate surface area is 107 Å². The SMILES string of the molecule is CCOCC(=O)Nc1cc(NC(C)=O)ccc1C. The van der Waals surface area contributed by atoms with Crippen molar-refractivity contribution in [2.24, 2.45) is 0 Å². The molecule has 98 valence electrons. The molecule has 5 heteroatoms. The lowest BCUT2D eigenvalue weighted by molar-refractivity contribution is -0.120. The molecule has 0 saturated heterocycles. The van der Waals surface area contributed by atoms with E-state index in [1.807, 2.05) is 19.9 Å². The van der Waals surface area contributed by atoms with E-state index in [0.29, 0.717) is 18.0 Å². The molecule has 18 heavy (non-hydrogen) atoms. The van der Waals surface area contributed by atoms with E-state index in [0.717, 1.165) is 5.56 Å². The van der Waals surface area contributed by atoms with Crippen LogP contribution in [0.2, 0.25) is 0 Å². The van der Waals surface area contributed by atoms with Crippen LogP contribution in [0.15, 0.2) is 18.2 Å². The summed E-state index contributed by atoms with van der Waals surface area (Å²) in [5, 5.41) is 5.41. The molecule has 0 aliphatic rings. The van der Waals surface area contributed by atoms with Crippen molar-refractivity contribution >= 4 is 23.2 Å². The summed E-state index contributed by atoms with van der Waals surface area (Å²) in [4.78, 5) is 22.5. The van der Waals surface area contributed by atoms with Crippen LogP contribution in [0.5, 0.6) is 0 Å². The van der Waals surface area contributed by atoms with Crippen LogP contribution in [0.3, 0.4) is 0 Å². The molecule has 0 spiro atoms. The highest BCUT2D eigenvalue weighted by Gasteiger charge is 2.06. The average molecular weight is 250 g/mol. The molecule has 2 amide bonds. The topological polar surface area (TPSA) is 67.4 Å². The monoisotopic (exact) mass is 250 g/mol. The molecule has 0 bridgehead atoms. The lowest BCUT2D eigenvalue weighted by Gasteiger charge is -2.10. The molecule has 0 unspecified atom stereocenters. The second-order valence-electron chi connectivity index (χ2n) is 3.90. The first-order valence-corrected chi connectivity index (χ1v) is 5.78. The van der Waals surface area contributed by atoms with E-state index >= 15 is 0 Å². The fraction of sp³-hybridized carbons (Fsp3) is 0.385. The predicted molar refractivity (Wildman–Crippen MR) is 70.6 cm³/mol. The first-order valence-electron chi connectivity index (χ1n) is 5.78. The van der Waals surface area contributed by atoms with Gasteiger partial charge in [-0.15, -0.1) is 0 Å². The molecule has 2 N–H and O–H groups in total. The number of benzene rings is 1. The Morgan fingerprint density at radius 2 is 2.00 bits per heavy atom. The molecule has 0 aliphatic carbocycles. The maximum atomic E-state index is 11.5. The Bertz CT molecular complexity index is 444. The number of anilines is 2. The van der Waals surface area contributed by atoms with Crippen LogP contribution >= 0.6 is 0 Å². The Kier molecular flexibility index (Phi) is 5.32. The summed E-state index contributed by atoms with van der Waals surface area (Å²) in [6, 6.07) is 5.34. The van der Waals surface area contributed by atoms with Crippen LogP contribution in [-0.4, -0.2) is 25.0 Å². The summed E-state index contributed by atoms with van der Waals surface area (Å²) >= 11 is 0. The Morgan fingerprint density at radius 3 is 2.61 bits per heavy atom. The molecule has 0 atom stereocenters. The van der Waals surface area contributed by atoms with Gasteiger partial charge in [-0.25, -0.2) is 0 Å². The van der Waals surface area contributed by atoms with Gasteiger partial charge in [-0.1, -0.05) is 6.07 Å². The maximum absolute atomic E-state index is 11.5. The van der Waals surface area contributed by atoms with E-state index in [-0.39, 0.29) is 18.4 Å². The zero-order valence-electron chi connectivity index (χ0n) is 10.9. The van der Waals surface area contributed by atoms with Gasteiger partial charge in [0.05, 0.1) is 0 Å². The Morgan fingerprint density at radius 1 is 1.28 bits per heavy atom. The highest BCUT2D eigenvalue weighted by Crippen LogP contribution is 2.20. The molecule has 0 aromatic heterocycles. The lowest BCUT2D eigenvalue weighted by Crippen LogP contribution is -2.19. The van der Waals surface area contributed by atoms with Gasteiger partial charge in [0, 0.05) is 24.9 Å². The summed E-state index contributed by atoms with van der Waals surface area (Å²) in [5.74, 6) is -0.356. The standard InChI is InChI=1S/C13H18N2O3/c1-4-18-8-13(17)15-12-7-11(14-10(3)16)6-5-9(12)2/h5-7H,4,8H2,1-3H3,(H,14,16)(H,15,17). The largest absolute Gasteiger partial charge is 0.372 e. The fourth-order valence-electron chi connectivity index (χ4n) is 1.42. The van der Waals surface area contributed by atoms with Gasteiger partial charge in [-0.2, -0.15) is 0 Å². The quantitative estimate of drug-likeness (QED) is 0.839. The van der Waals surface area contributed by atoms with Gasteiger partial charge in [0.25, 0.3) is 0 Å². The van der Waals surface area contributed by atoms with E-state index in [1.165, 1.54) is 6.92 Å². The van der Waals surface area contributed by atoms with Crippen molar-refractivity contribution in [3.8, 4) is 0 Å². The van der Waals surface area contributed by atoms with Gasteiger partial charge in [-0.3, -0.25) is 9.59 Å². The first-order chi connectivity index (χ1) is 8.52. The highest BCUT2D eigenvalue weighted by molar-refractivity contribution is 5.94. The van der Waals surface area contributed by atoms with Gasteiger partial charge in [0.1, 0.15) is 6.61 Å². The third-order valence-corrected chi connectivity index (χ3v) is 2.27. The van der Waals surface area contributed by atoms with Crippen molar-refractivity contribution in [3.05, 3.63) is 23.8 Å². The van der Waals surface area contributed by atoms with Gasteiger partial charge in [0.15, 0.2) is 0 Å². The van der Waals surface area contributed by atoms with Crippen LogP contribution in [0, 0.1) is 6.92 Å². The van der Waals surface area contributed by atoms with Crippen molar-refractivity contribution in [1.82, 2.24) is 0 Å². The minimum absolute atomic E-state index is 0.0281. The number of carbonyl (C=O) groups excluding carboxylic acids is 2. The van der Waals surface area contributed by atoms with Crippen molar-refractivity contribution in [1.29, 1.82) is 0 Å². The van der Waals surface area contributed by atoms with Crippen molar-refractivity contribution in [3.63, 3.8) is 0 Å². The average Bonchev–Trinajstić information content (AvgIpc) is 2.30. The van der Waals surface area contributed by atoms with Gasteiger partial charge >= 0.3 is 0 Å². The number of hydrogen-bond acceptors (Lipinski definition) is 3. The molecular formula is C13H18N2O3. The number of amides is 2. The minimum Gasteiger partial charge on any atom is -0.372 e. The smallest absolute Gasteiger partial charge is 0.250 e. The molecule has 1 rings (SSSR count). The normalized spacial score (nSPS) is 9.94. The number of carbonyl (C=O) groups is 2. The summed E-state index contributed by atoms with van der Waals surface area (Å²) in [6.07, 6.45) is 0. The summed E-state index contributed by atoms with van der Waals surface area (Å²) in [5.41, 5.74) is 2.25. The zero-order valence-corrected chi connectivity index (χ0v) is 10.9. The Balaban J connectivity index is 2.74. The van der Waals surface area contributed by atoms with Crippen molar-refractivity contribution in [2.75, 3.05) is 23.8 Å². The molecule has 5 nitrogen and oxygen atoms in total. The van der Waals surface area contributed by atoms with Crippen molar-refractivity contribution < 1.29 is 14.3 Å². The molecular weight excluding hydrogens is 232 g/mol. The zero-order chi connectivity index (χ0) is 13.5. The third-order valence-electron chi connectivity index (χ3n) is 2.27. The predicted octanol–water partition coefficient (Wildman–Crippen LogP) is 1.93. The maximum Gasteiger partial charge on any atom is 0.250 e. The minimum atomic E-state index is -0.208.